The Morgan fingerprint density at radius 1 is 1.27 bits per heavy atom. The number of rotatable bonds is 3. The van der Waals surface area contributed by atoms with Crippen LogP contribution >= 0.6 is 0 Å². The van der Waals surface area contributed by atoms with Crippen molar-refractivity contribution in [1.82, 2.24) is 5.48 Å². The van der Waals surface area contributed by atoms with E-state index in [2.05, 4.69) is 4.74 Å². The molecule has 0 fully saturated rings. The highest BCUT2D eigenvalue weighted by Gasteiger charge is 2.04. The van der Waals surface area contributed by atoms with Crippen LogP contribution < -0.4 is 5.48 Å². The monoisotopic (exact) mass is 209 g/mol. The number of hydrogen-bond acceptors (Lipinski definition) is 4. The summed E-state index contributed by atoms with van der Waals surface area (Å²) in [5.41, 5.74) is 2.88. The molecular formula is C10H11NO4. The van der Waals surface area contributed by atoms with Crippen molar-refractivity contribution in [1.29, 1.82) is 0 Å². The molecule has 0 saturated carbocycles. The quantitative estimate of drug-likeness (QED) is 0.464. The number of carbonyl (C=O) groups excluding carboxylic acids is 2. The minimum atomic E-state index is -0.918. The molecule has 0 unspecified atom stereocenters. The van der Waals surface area contributed by atoms with Crippen LogP contribution in [0.25, 0.3) is 0 Å². The highest BCUT2D eigenvalue weighted by molar-refractivity contribution is 5.82. The van der Waals surface area contributed by atoms with Gasteiger partial charge in [0.25, 0.3) is 0 Å². The molecule has 0 aliphatic rings. The highest BCUT2D eigenvalue weighted by atomic mass is 16.7. The summed E-state index contributed by atoms with van der Waals surface area (Å²) in [5, 5.41) is 0. The fraction of sp³-hybridized carbons (Fsp3) is 0.200. The van der Waals surface area contributed by atoms with E-state index in [0.29, 0.717) is 0 Å². The smallest absolute Gasteiger partial charge is 0.375 e. The van der Waals surface area contributed by atoms with Gasteiger partial charge < -0.3 is 4.74 Å². The SMILES string of the molecule is CC(=O)OC(=O)NOCc1ccccc1. The standard InChI is InChI=1S/C10H11NO4/c1-8(12)15-10(13)11-14-7-9-5-3-2-4-6-9/h2-6H,7H2,1H3,(H,11,13). The topological polar surface area (TPSA) is 64.6 Å². The largest absolute Gasteiger partial charge is 0.439 e. The van der Waals surface area contributed by atoms with Crippen LogP contribution in [-0.4, -0.2) is 12.1 Å². The average molecular weight is 209 g/mol. The zero-order valence-electron chi connectivity index (χ0n) is 8.23. The maximum atomic E-state index is 10.8. The van der Waals surface area contributed by atoms with Crippen LogP contribution in [0.15, 0.2) is 30.3 Å². The van der Waals surface area contributed by atoms with Gasteiger partial charge in [-0.2, -0.15) is 5.48 Å². The van der Waals surface area contributed by atoms with Crippen LogP contribution in [0.4, 0.5) is 4.79 Å². The summed E-state index contributed by atoms with van der Waals surface area (Å²) in [6.07, 6.45) is -0.918. The van der Waals surface area contributed by atoms with Gasteiger partial charge in [-0.15, -0.1) is 0 Å². The summed E-state index contributed by atoms with van der Waals surface area (Å²) in [4.78, 5) is 25.9. The Bertz CT molecular complexity index is 337. The predicted octanol–water partition coefficient (Wildman–Crippen LogP) is 1.39. The molecule has 0 spiro atoms. The zero-order chi connectivity index (χ0) is 11.1. The average Bonchev–Trinajstić information content (AvgIpc) is 2.18. The minimum absolute atomic E-state index is 0.216. The van der Waals surface area contributed by atoms with Crippen LogP contribution in [0, 0.1) is 0 Å². The van der Waals surface area contributed by atoms with Crippen molar-refractivity contribution in [3.05, 3.63) is 35.9 Å². The fourth-order valence-corrected chi connectivity index (χ4v) is 0.904. The van der Waals surface area contributed by atoms with E-state index in [-0.39, 0.29) is 6.61 Å². The Balaban J connectivity index is 2.22. The number of hydroxylamine groups is 1. The van der Waals surface area contributed by atoms with Crippen LogP contribution in [0.2, 0.25) is 0 Å². The van der Waals surface area contributed by atoms with Gasteiger partial charge in [-0.25, -0.2) is 4.79 Å². The van der Waals surface area contributed by atoms with E-state index in [4.69, 9.17) is 4.84 Å². The summed E-state index contributed by atoms with van der Waals surface area (Å²) in [6, 6.07) is 9.27. The Labute approximate surface area is 86.9 Å². The van der Waals surface area contributed by atoms with Gasteiger partial charge in [0.2, 0.25) is 0 Å². The van der Waals surface area contributed by atoms with Crippen molar-refractivity contribution in [3.63, 3.8) is 0 Å². The van der Waals surface area contributed by atoms with Crippen molar-refractivity contribution in [2.45, 2.75) is 13.5 Å². The maximum absolute atomic E-state index is 10.8. The Kier molecular flexibility index (Phi) is 4.30. The second kappa shape index (κ2) is 5.77. The van der Waals surface area contributed by atoms with E-state index in [1.807, 2.05) is 35.8 Å². The third-order valence-corrected chi connectivity index (χ3v) is 1.47. The van der Waals surface area contributed by atoms with Gasteiger partial charge in [-0.05, 0) is 5.56 Å². The molecule has 15 heavy (non-hydrogen) atoms. The van der Waals surface area contributed by atoms with Gasteiger partial charge in [0.15, 0.2) is 0 Å². The van der Waals surface area contributed by atoms with Crippen LogP contribution in [0.5, 0.6) is 0 Å². The van der Waals surface area contributed by atoms with Crippen molar-refractivity contribution >= 4 is 12.1 Å². The molecule has 1 N–H and O–H groups in total. The molecule has 0 atom stereocenters. The number of hydrogen-bond donors (Lipinski definition) is 1. The third-order valence-electron chi connectivity index (χ3n) is 1.47. The van der Waals surface area contributed by atoms with E-state index in [9.17, 15) is 9.59 Å². The summed E-state index contributed by atoms with van der Waals surface area (Å²) in [6.45, 7) is 1.35. The first kappa shape index (κ1) is 11.2. The van der Waals surface area contributed by atoms with Crippen molar-refractivity contribution in [2.24, 2.45) is 0 Å². The molecule has 0 aromatic heterocycles. The molecule has 1 aromatic rings. The maximum Gasteiger partial charge on any atom is 0.439 e. The van der Waals surface area contributed by atoms with Gasteiger partial charge in [-0.1, -0.05) is 30.3 Å². The number of nitrogens with one attached hydrogen (secondary N) is 1. The molecular weight excluding hydrogens is 198 g/mol. The molecule has 0 heterocycles. The van der Waals surface area contributed by atoms with Gasteiger partial charge >= 0.3 is 12.1 Å². The molecule has 1 amide bonds. The molecule has 0 aliphatic carbocycles. The van der Waals surface area contributed by atoms with E-state index in [0.717, 1.165) is 12.5 Å². The molecule has 5 heteroatoms. The lowest BCUT2D eigenvalue weighted by Gasteiger charge is -2.04. The summed E-state index contributed by atoms with van der Waals surface area (Å²) in [7, 11) is 0. The van der Waals surface area contributed by atoms with Gasteiger partial charge in [0.05, 0.1) is 6.61 Å². The molecule has 80 valence electrons. The minimum Gasteiger partial charge on any atom is -0.375 e. The molecule has 0 radical (unpaired) electrons. The molecule has 1 aromatic carbocycles. The van der Waals surface area contributed by atoms with E-state index < -0.39 is 12.1 Å². The van der Waals surface area contributed by atoms with Gasteiger partial charge in [0, 0.05) is 6.92 Å². The molecule has 1 rings (SSSR count). The first-order chi connectivity index (χ1) is 7.18. The Morgan fingerprint density at radius 3 is 2.53 bits per heavy atom. The highest BCUT2D eigenvalue weighted by Crippen LogP contribution is 1.98. The molecule has 0 aliphatic heterocycles. The second-order valence-electron chi connectivity index (χ2n) is 2.76. The first-order valence-electron chi connectivity index (χ1n) is 4.32. The third kappa shape index (κ3) is 4.78. The van der Waals surface area contributed by atoms with Gasteiger partial charge in [0.1, 0.15) is 0 Å². The van der Waals surface area contributed by atoms with Crippen molar-refractivity contribution < 1.29 is 19.2 Å². The number of benzene rings is 1. The van der Waals surface area contributed by atoms with Gasteiger partial charge in [-0.3, -0.25) is 9.63 Å². The summed E-state index contributed by atoms with van der Waals surface area (Å²) in [5.74, 6) is -0.684. The number of ether oxygens (including phenoxy) is 1. The lowest BCUT2D eigenvalue weighted by Crippen LogP contribution is -2.26. The van der Waals surface area contributed by atoms with Crippen molar-refractivity contribution in [3.8, 4) is 0 Å². The lowest BCUT2D eigenvalue weighted by atomic mass is 10.2. The normalized spacial score (nSPS) is 9.40. The Hall–Kier alpha value is -1.88. The van der Waals surface area contributed by atoms with E-state index >= 15 is 0 Å². The molecule has 5 nitrogen and oxygen atoms in total. The molecule has 0 saturated heterocycles. The van der Waals surface area contributed by atoms with E-state index in [1.54, 1.807) is 0 Å². The van der Waals surface area contributed by atoms with Crippen LogP contribution in [-0.2, 0) is 21.0 Å². The van der Waals surface area contributed by atoms with Crippen LogP contribution in [0.1, 0.15) is 12.5 Å². The molecule has 0 bridgehead atoms. The summed E-state index contributed by atoms with van der Waals surface area (Å²) < 4.78 is 4.17. The zero-order valence-corrected chi connectivity index (χ0v) is 8.23. The number of esters is 1. The predicted molar refractivity (Wildman–Crippen MR) is 51.5 cm³/mol. The number of amides is 1. The summed E-state index contributed by atoms with van der Waals surface area (Å²) >= 11 is 0. The second-order valence-corrected chi connectivity index (χ2v) is 2.76. The Morgan fingerprint density at radius 2 is 1.93 bits per heavy atom. The fourth-order valence-electron chi connectivity index (χ4n) is 0.904. The van der Waals surface area contributed by atoms with Crippen molar-refractivity contribution in [2.75, 3.05) is 0 Å². The number of carbonyl (C=O) groups is 2. The van der Waals surface area contributed by atoms with Crippen LogP contribution in [0.3, 0.4) is 0 Å². The lowest BCUT2D eigenvalue weighted by molar-refractivity contribution is -0.136. The van der Waals surface area contributed by atoms with E-state index in [1.165, 1.54) is 0 Å². The first-order valence-corrected chi connectivity index (χ1v) is 4.32.